The Hall–Kier alpha value is -1.35. The number of benzene rings is 1. The van der Waals surface area contributed by atoms with Crippen molar-refractivity contribution in [3.05, 3.63) is 35.9 Å². The van der Waals surface area contributed by atoms with E-state index in [0.717, 1.165) is 19.3 Å². The van der Waals surface area contributed by atoms with Gasteiger partial charge in [0.15, 0.2) is 0 Å². The van der Waals surface area contributed by atoms with Crippen LogP contribution in [0.2, 0.25) is 0 Å². The van der Waals surface area contributed by atoms with Crippen molar-refractivity contribution < 1.29 is 9.90 Å². The smallest absolute Gasteiger partial charge is 0.317 e. The number of hydrogen-bond acceptors (Lipinski definition) is 2. The molecule has 1 aliphatic carbocycles. The summed E-state index contributed by atoms with van der Waals surface area (Å²) in [5.74, 6) is -0.745. The maximum Gasteiger partial charge on any atom is 0.317 e. The predicted molar refractivity (Wildman–Crippen MR) is 71.7 cm³/mol. The first kappa shape index (κ1) is 13.1. The van der Waals surface area contributed by atoms with E-state index in [1.54, 1.807) is 0 Å². The zero-order valence-electron chi connectivity index (χ0n) is 11.1. The molecular weight excluding hydrogens is 226 g/mol. The minimum atomic E-state index is -0.745. The molecule has 0 aliphatic heterocycles. The molecule has 2 unspecified atom stereocenters. The fraction of sp³-hybridized carbons (Fsp3) is 0.533. The van der Waals surface area contributed by atoms with Gasteiger partial charge in [0.05, 0.1) is 6.54 Å². The topological polar surface area (TPSA) is 40.5 Å². The van der Waals surface area contributed by atoms with Crippen LogP contribution in [0.3, 0.4) is 0 Å². The van der Waals surface area contributed by atoms with Crippen molar-refractivity contribution in [1.82, 2.24) is 4.90 Å². The predicted octanol–water partition coefficient (Wildman–Crippen LogP) is 2.51. The quantitative estimate of drug-likeness (QED) is 0.888. The molecule has 0 spiro atoms. The van der Waals surface area contributed by atoms with Gasteiger partial charge < -0.3 is 5.11 Å². The number of carboxylic acids is 1. The number of carboxylic acid groups (broad SMARTS) is 1. The minimum Gasteiger partial charge on any atom is -0.480 e. The molecule has 18 heavy (non-hydrogen) atoms. The average Bonchev–Trinajstić information content (AvgIpc) is 2.74. The molecule has 0 amide bonds. The summed E-state index contributed by atoms with van der Waals surface area (Å²) in [4.78, 5) is 12.7. The van der Waals surface area contributed by atoms with Crippen LogP contribution in [0.4, 0.5) is 0 Å². The van der Waals surface area contributed by atoms with E-state index in [-0.39, 0.29) is 12.0 Å². The zero-order valence-corrected chi connectivity index (χ0v) is 11.1. The van der Waals surface area contributed by atoms with Gasteiger partial charge in [-0.2, -0.15) is 0 Å². The van der Waals surface area contributed by atoms with Gasteiger partial charge in [-0.15, -0.1) is 0 Å². The van der Waals surface area contributed by atoms with Crippen LogP contribution in [0.25, 0.3) is 0 Å². The van der Waals surface area contributed by atoms with E-state index in [1.165, 1.54) is 5.56 Å². The van der Waals surface area contributed by atoms with Crippen LogP contribution < -0.4 is 0 Å². The fourth-order valence-corrected chi connectivity index (χ4v) is 3.03. The van der Waals surface area contributed by atoms with E-state index in [2.05, 4.69) is 31.2 Å². The van der Waals surface area contributed by atoms with Crippen molar-refractivity contribution >= 4 is 5.97 Å². The summed E-state index contributed by atoms with van der Waals surface area (Å²) in [5, 5.41) is 8.85. The molecule has 0 heterocycles. The van der Waals surface area contributed by atoms with Crippen molar-refractivity contribution in [1.29, 1.82) is 0 Å². The van der Waals surface area contributed by atoms with Crippen LogP contribution in [0.5, 0.6) is 0 Å². The normalized spacial score (nSPS) is 27.6. The van der Waals surface area contributed by atoms with Crippen LogP contribution >= 0.6 is 0 Å². The third kappa shape index (κ3) is 2.72. The highest BCUT2D eigenvalue weighted by Gasteiger charge is 2.38. The molecule has 0 radical (unpaired) electrons. The summed E-state index contributed by atoms with van der Waals surface area (Å²) in [7, 11) is 1.91. The molecule has 1 aliphatic rings. The molecule has 1 saturated carbocycles. The number of carbonyl (C=O) groups is 1. The lowest BCUT2D eigenvalue weighted by molar-refractivity contribution is -0.138. The first-order chi connectivity index (χ1) is 8.51. The Morgan fingerprint density at radius 2 is 2.11 bits per heavy atom. The van der Waals surface area contributed by atoms with Crippen molar-refractivity contribution in [3.63, 3.8) is 0 Å². The number of aliphatic carboxylic acids is 1. The molecule has 2 rings (SSSR count). The highest BCUT2D eigenvalue weighted by Crippen LogP contribution is 2.42. The van der Waals surface area contributed by atoms with Gasteiger partial charge in [-0.25, -0.2) is 0 Å². The SMILES string of the molecule is CN(CC(=O)O)C1CCC(C)(c2ccccc2)C1. The maximum atomic E-state index is 10.8. The molecule has 98 valence electrons. The van der Waals surface area contributed by atoms with E-state index in [9.17, 15) is 4.79 Å². The van der Waals surface area contributed by atoms with Gasteiger partial charge in [0.25, 0.3) is 0 Å². The summed E-state index contributed by atoms with van der Waals surface area (Å²) in [5.41, 5.74) is 1.56. The summed E-state index contributed by atoms with van der Waals surface area (Å²) in [6.45, 7) is 2.42. The number of likely N-dealkylation sites (N-methyl/N-ethyl adjacent to an activating group) is 1. The number of hydrogen-bond donors (Lipinski definition) is 1. The molecule has 3 nitrogen and oxygen atoms in total. The van der Waals surface area contributed by atoms with Crippen LogP contribution in [0, 0.1) is 0 Å². The molecule has 0 aromatic heterocycles. The van der Waals surface area contributed by atoms with Gasteiger partial charge in [-0.05, 0) is 37.3 Å². The van der Waals surface area contributed by atoms with Crippen molar-refractivity contribution in [3.8, 4) is 0 Å². The Bertz CT molecular complexity index is 418. The van der Waals surface area contributed by atoms with Gasteiger partial charge in [-0.1, -0.05) is 37.3 Å². The van der Waals surface area contributed by atoms with E-state index in [1.807, 2.05) is 18.0 Å². The first-order valence-corrected chi connectivity index (χ1v) is 6.49. The summed E-state index contributed by atoms with van der Waals surface area (Å²) in [6.07, 6.45) is 3.25. The van der Waals surface area contributed by atoms with E-state index < -0.39 is 5.97 Å². The van der Waals surface area contributed by atoms with Gasteiger partial charge in [0.2, 0.25) is 0 Å². The maximum absolute atomic E-state index is 10.8. The molecule has 1 aromatic carbocycles. The first-order valence-electron chi connectivity index (χ1n) is 6.49. The minimum absolute atomic E-state index is 0.134. The van der Waals surface area contributed by atoms with Crippen molar-refractivity contribution in [2.75, 3.05) is 13.6 Å². The van der Waals surface area contributed by atoms with Gasteiger partial charge in [0.1, 0.15) is 0 Å². The molecule has 0 bridgehead atoms. The third-order valence-corrected chi connectivity index (χ3v) is 4.19. The third-order valence-electron chi connectivity index (χ3n) is 4.19. The lowest BCUT2D eigenvalue weighted by Crippen LogP contribution is -2.35. The van der Waals surface area contributed by atoms with E-state index >= 15 is 0 Å². The molecule has 3 heteroatoms. The lowest BCUT2D eigenvalue weighted by atomic mass is 9.81. The Balaban J connectivity index is 2.05. The van der Waals surface area contributed by atoms with E-state index in [4.69, 9.17) is 5.11 Å². The standard InChI is InChI=1S/C15H21NO2/c1-15(12-6-4-3-5-7-12)9-8-13(10-15)16(2)11-14(17)18/h3-7,13H,8-11H2,1-2H3,(H,17,18). The molecule has 2 atom stereocenters. The van der Waals surface area contributed by atoms with Crippen molar-refractivity contribution in [2.45, 2.75) is 37.6 Å². The highest BCUT2D eigenvalue weighted by molar-refractivity contribution is 5.69. The van der Waals surface area contributed by atoms with Gasteiger partial charge in [-0.3, -0.25) is 9.69 Å². The summed E-state index contributed by atoms with van der Waals surface area (Å²) < 4.78 is 0. The second-order valence-corrected chi connectivity index (χ2v) is 5.63. The summed E-state index contributed by atoms with van der Waals surface area (Å²) in [6, 6.07) is 10.9. The lowest BCUT2D eigenvalue weighted by Gasteiger charge is -2.27. The average molecular weight is 247 g/mol. The monoisotopic (exact) mass is 247 g/mol. The Morgan fingerprint density at radius 3 is 2.72 bits per heavy atom. The molecule has 1 aromatic rings. The van der Waals surface area contributed by atoms with Crippen LogP contribution in [0.15, 0.2) is 30.3 Å². The Morgan fingerprint density at radius 1 is 1.44 bits per heavy atom. The Kier molecular flexibility index (Phi) is 3.71. The van der Waals surface area contributed by atoms with Crippen LogP contribution in [-0.4, -0.2) is 35.6 Å². The summed E-state index contributed by atoms with van der Waals surface area (Å²) >= 11 is 0. The molecular formula is C15H21NO2. The number of rotatable bonds is 4. The highest BCUT2D eigenvalue weighted by atomic mass is 16.4. The van der Waals surface area contributed by atoms with Gasteiger partial charge >= 0.3 is 5.97 Å². The second kappa shape index (κ2) is 5.11. The second-order valence-electron chi connectivity index (χ2n) is 5.63. The molecule has 0 saturated heterocycles. The van der Waals surface area contributed by atoms with Crippen LogP contribution in [0.1, 0.15) is 31.7 Å². The Labute approximate surface area is 108 Å². The largest absolute Gasteiger partial charge is 0.480 e. The van der Waals surface area contributed by atoms with Crippen molar-refractivity contribution in [2.24, 2.45) is 0 Å². The van der Waals surface area contributed by atoms with E-state index in [0.29, 0.717) is 6.04 Å². The fourth-order valence-electron chi connectivity index (χ4n) is 3.03. The number of nitrogens with zero attached hydrogens (tertiary/aromatic N) is 1. The zero-order chi connectivity index (χ0) is 13.2. The molecule has 1 N–H and O–H groups in total. The molecule has 1 fully saturated rings. The van der Waals surface area contributed by atoms with Crippen LogP contribution in [-0.2, 0) is 10.2 Å². The van der Waals surface area contributed by atoms with Gasteiger partial charge in [0, 0.05) is 6.04 Å².